The van der Waals surface area contributed by atoms with Crippen molar-refractivity contribution in [2.45, 2.75) is 18.8 Å². The first-order valence-corrected chi connectivity index (χ1v) is 7.24. The minimum absolute atomic E-state index is 0.698. The van der Waals surface area contributed by atoms with Gasteiger partial charge in [-0.2, -0.15) is 0 Å². The molecule has 2 aromatic rings. The maximum atomic E-state index is 5.29. The van der Waals surface area contributed by atoms with Gasteiger partial charge in [0.15, 0.2) is 0 Å². The van der Waals surface area contributed by atoms with Crippen molar-refractivity contribution in [1.82, 2.24) is 9.88 Å². The summed E-state index contributed by atoms with van der Waals surface area (Å²) < 4.78 is 5.29. The molecule has 0 saturated carbocycles. The zero-order valence-electron chi connectivity index (χ0n) is 11.6. The van der Waals surface area contributed by atoms with Crippen molar-refractivity contribution < 1.29 is 4.42 Å². The number of nitrogens with zero attached hydrogens (tertiary/aromatic N) is 2. The molecule has 0 bridgehead atoms. The highest BCUT2D eigenvalue weighted by Gasteiger charge is 2.19. The largest absolute Gasteiger partial charge is 0.465 e. The lowest BCUT2D eigenvalue weighted by Gasteiger charge is -2.31. The Balaban J connectivity index is 1.47. The van der Waals surface area contributed by atoms with Gasteiger partial charge in [0.2, 0.25) is 0 Å². The Morgan fingerprint density at radius 1 is 1.20 bits per heavy atom. The molecule has 2 aromatic heterocycles. The van der Waals surface area contributed by atoms with Gasteiger partial charge in [0, 0.05) is 18.9 Å². The molecule has 0 aromatic carbocycles. The van der Waals surface area contributed by atoms with Crippen molar-refractivity contribution in [3.05, 3.63) is 60.3 Å². The predicted octanol–water partition coefficient (Wildman–Crippen LogP) is 3.57. The molecule has 0 spiro atoms. The third kappa shape index (κ3) is 3.36. The number of hydrogen-bond acceptors (Lipinski definition) is 3. The van der Waals surface area contributed by atoms with E-state index in [4.69, 9.17) is 4.42 Å². The smallest absolute Gasteiger partial charge is 0.126 e. The maximum Gasteiger partial charge on any atom is 0.126 e. The first-order valence-electron chi connectivity index (χ1n) is 7.24. The molecular weight excluding hydrogens is 248 g/mol. The number of aromatic nitrogens is 1. The minimum Gasteiger partial charge on any atom is -0.465 e. The van der Waals surface area contributed by atoms with Gasteiger partial charge in [0.25, 0.3) is 0 Å². The summed E-state index contributed by atoms with van der Waals surface area (Å²) in [4.78, 5) is 6.59. The summed E-state index contributed by atoms with van der Waals surface area (Å²) in [5.41, 5.74) is 1.44. The van der Waals surface area contributed by atoms with Gasteiger partial charge in [-0.25, -0.2) is 0 Å². The van der Waals surface area contributed by atoms with Crippen LogP contribution in [0.15, 0.2) is 53.4 Å². The Morgan fingerprint density at radius 2 is 2.00 bits per heavy atom. The molecule has 1 aliphatic heterocycles. The second kappa shape index (κ2) is 6.53. The molecule has 1 saturated heterocycles. The van der Waals surface area contributed by atoms with E-state index in [-0.39, 0.29) is 0 Å². The van der Waals surface area contributed by atoms with Crippen molar-refractivity contribution in [3.63, 3.8) is 0 Å². The van der Waals surface area contributed by atoms with E-state index >= 15 is 0 Å². The molecule has 0 N–H and O–H groups in total. The van der Waals surface area contributed by atoms with Crippen LogP contribution in [0.4, 0.5) is 0 Å². The summed E-state index contributed by atoms with van der Waals surface area (Å²) >= 11 is 0. The van der Waals surface area contributed by atoms with Crippen LogP contribution in [0, 0.1) is 0 Å². The van der Waals surface area contributed by atoms with Crippen molar-refractivity contribution in [2.75, 3.05) is 19.6 Å². The highest BCUT2D eigenvalue weighted by Crippen LogP contribution is 2.27. The number of furan rings is 1. The molecule has 104 valence electrons. The molecule has 3 nitrogen and oxygen atoms in total. The zero-order valence-corrected chi connectivity index (χ0v) is 11.6. The lowest BCUT2D eigenvalue weighted by atomic mass is 9.90. The normalized spacial score (nSPS) is 17.8. The third-order valence-electron chi connectivity index (χ3n) is 3.95. The van der Waals surface area contributed by atoms with Crippen molar-refractivity contribution in [3.8, 4) is 0 Å². The summed E-state index contributed by atoms with van der Waals surface area (Å²) in [5.74, 6) is 1.62. The number of pyridine rings is 1. The lowest BCUT2D eigenvalue weighted by molar-refractivity contribution is 0.233. The van der Waals surface area contributed by atoms with Gasteiger partial charge in [0.1, 0.15) is 5.76 Å². The van der Waals surface area contributed by atoms with Gasteiger partial charge in [-0.3, -0.25) is 9.88 Å². The van der Waals surface area contributed by atoms with Gasteiger partial charge >= 0.3 is 0 Å². The summed E-state index contributed by atoms with van der Waals surface area (Å²) in [5, 5.41) is 0. The molecule has 3 heterocycles. The highest BCUT2D eigenvalue weighted by molar-refractivity contribution is 5.42. The Kier molecular flexibility index (Phi) is 4.28. The van der Waals surface area contributed by atoms with E-state index in [1.54, 1.807) is 6.26 Å². The lowest BCUT2D eigenvalue weighted by Crippen LogP contribution is -2.33. The Bertz CT molecular complexity index is 525. The SMILES string of the molecule is C(=Cc1ccco1)CN1CCC(c2ccncc2)CC1. The van der Waals surface area contributed by atoms with Crippen molar-refractivity contribution in [1.29, 1.82) is 0 Å². The summed E-state index contributed by atoms with van der Waals surface area (Å²) in [6, 6.07) is 8.19. The van der Waals surface area contributed by atoms with Gasteiger partial charge in [-0.1, -0.05) is 6.08 Å². The van der Waals surface area contributed by atoms with E-state index in [1.807, 2.05) is 24.5 Å². The topological polar surface area (TPSA) is 29.3 Å². The maximum absolute atomic E-state index is 5.29. The standard InChI is InChI=1S/C17H20N2O/c1(3-17-4-2-14-20-17)11-19-12-7-16(8-13-19)15-5-9-18-10-6-15/h1-6,9-10,14,16H,7-8,11-13H2. The fourth-order valence-corrected chi connectivity index (χ4v) is 2.79. The van der Waals surface area contributed by atoms with Crippen LogP contribution in [0.3, 0.4) is 0 Å². The van der Waals surface area contributed by atoms with Crippen LogP contribution in [0.5, 0.6) is 0 Å². The number of piperidine rings is 1. The quantitative estimate of drug-likeness (QED) is 0.849. The molecule has 0 amide bonds. The fourth-order valence-electron chi connectivity index (χ4n) is 2.79. The molecule has 20 heavy (non-hydrogen) atoms. The van der Waals surface area contributed by atoms with E-state index in [2.05, 4.69) is 34.2 Å². The van der Waals surface area contributed by atoms with Crippen LogP contribution in [0.2, 0.25) is 0 Å². The Hall–Kier alpha value is -1.87. The van der Waals surface area contributed by atoms with Crippen LogP contribution < -0.4 is 0 Å². The van der Waals surface area contributed by atoms with Crippen LogP contribution in [-0.2, 0) is 0 Å². The van der Waals surface area contributed by atoms with E-state index in [0.717, 1.165) is 25.4 Å². The molecular formula is C17H20N2O. The van der Waals surface area contributed by atoms with Crippen LogP contribution in [0.25, 0.3) is 6.08 Å². The van der Waals surface area contributed by atoms with E-state index in [0.29, 0.717) is 5.92 Å². The molecule has 0 unspecified atom stereocenters. The van der Waals surface area contributed by atoms with Crippen LogP contribution >= 0.6 is 0 Å². The molecule has 1 fully saturated rings. The number of hydrogen-bond donors (Lipinski definition) is 0. The van der Waals surface area contributed by atoms with Crippen LogP contribution in [0.1, 0.15) is 30.1 Å². The van der Waals surface area contributed by atoms with E-state index in [1.165, 1.54) is 18.4 Å². The number of rotatable bonds is 4. The molecule has 3 heteroatoms. The third-order valence-corrected chi connectivity index (χ3v) is 3.95. The summed E-state index contributed by atoms with van der Waals surface area (Å²) in [6.07, 6.45) is 12.2. The molecule has 0 radical (unpaired) electrons. The summed E-state index contributed by atoms with van der Waals surface area (Å²) in [7, 11) is 0. The van der Waals surface area contributed by atoms with Gasteiger partial charge in [-0.15, -0.1) is 0 Å². The summed E-state index contributed by atoms with van der Waals surface area (Å²) in [6.45, 7) is 3.33. The molecule has 0 atom stereocenters. The monoisotopic (exact) mass is 268 g/mol. The highest BCUT2D eigenvalue weighted by atomic mass is 16.3. The average molecular weight is 268 g/mol. The Morgan fingerprint density at radius 3 is 2.70 bits per heavy atom. The average Bonchev–Trinajstić information content (AvgIpc) is 3.02. The van der Waals surface area contributed by atoms with Crippen LogP contribution in [-0.4, -0.2) is 29.5 Å². The zero-order chi connectivity index (χ0) is 13.6. The first-order chi connectivity index (χ1) is 9.92. The van der Waals surface area contributed by atoms with Gasteiger partial charge < -0.3 is 4.42 Å². The van der Waals surface area contributed by atoms with Crippen molar-refractivity contribution >= 4 is 6.08 Å². The minimum atomic E-state index is 0.698. The second-order valence-electron chi connectivity index (χ2n) is 5.27. The van der Waals surface area contributed by atoms with Gasteiger partial charge in [-0.05, 0) is 67.8 Å². The second-order valence-corrected chi connectivity index (χ2v) is 5.27. The predicted molar refractivity (Wildman–Crippen MR) is 80.4 cm³/mol. The van der Waals surface area contributed by atoms with Crippen molar-refractivity contribution in [2.24, 2.45) is 0 Å². The van der Waals surface area contributed by atoms with E-state index in [9.17, 15) is 0 Å². The Labute approximate surface area is 119 Å². The molecule has 0 aliphatic carbocycles. The molecule has 1 aliphatic rings. The van der Waals surface area contributed by atoms with Gasteiger partial charge in [0.05, 0.1) is 6.26 Å². The number of likely N-dealkylation sites (tertiary alicyclic amines) is 1. The van der Waals surface area contributed by atoms with E-state index < -0.39 is 0 Å². The molecule has 3 rings (SSSR count). The fraction of sp³-hybridized carbons (Fsp3) is 0.353. The first kappa shape index (κ1) is 13.1.